The number of hydrogen-bond donors (Lipinski definition) is 1. The van der Waals surface area contributed by atoms with Crippen molar-refractivity contribution in [3.63, 3.8) is 0 Å². The number of benzene rings is 1. The van der Waals surface area contributed by atoms with Gasteiger partial charge in [-0.05, 0) is 31.4 Å². The number of carbonyl (C=O) groups is 1. The third kappa shape index (κ3) is 5.38. The zero-order chi connectivity index (χ0) is 12.5. The molecule has 1 N–H and O–H groups in total. The summed E-state index contributed by atoms with van der Waals surface area (Å²) in [7, 11) is 0. The van der Waals surface area contributed by atoms with Crippen molar-refractivity contribution in [1.29, 1.82) is 0 Å². The second kappa shape index (κ2) is 7.71. The number of carboxylic acids is 1. The van der Waals surface area contributed by atoms with Gasteiger partial charge in [-0.1, -0.05) is 25.1 Å². The van der Waals surface area contributed by atoms with E-state index in [-0.39, 0.29) is 6.42 Å². The highest BCUT2D eigenvalue weighted by Gasteiger charge is 2.05. The molecule has 1 aromatic carbocycles. The molecule has 0 heterocycles. The van der Waals surface area contributed by atoms with E-state index in [9.17, 15) is 4.79 Å². The maximum atomic E-state index is 10.4. The molecule has 0 atom stereocenters. The summed E-state index contributed by atoms with van der Waals surface area (Å²) in [6, 6.07) is 10.3. The van der Waals surface area contributed by atoms with E-state index in [2.05, 4.69) is 24.0 Å². The fourth-order valence-corrected chi connectivity index (χ4v) is 1.86. The lowest BCUT2D eigenvalue weighted by molar-refractivity contribution is -0.137. The maximum Gasteiger partial charge on any atom is 0.303 e. The van der Waals surface area contributed by atoms with Crippen LogP contribution in [-0.2, 0) is 4.79 Å². The Kier molecular flexibility index (Phi) is 6.15. The van der Waals surface area contributed by atoms with Gasteiger partial charge in [-0.15, -0.1) is 0 Å². The topological polar surface area (TPSA) is 40.5 Å². The Morgan fingerprint density at radius 1 is 1.18 bits per heavy atom. The van der Waals surface area contributed by atoms with Crippen molar-refractivity contribution in [3.05, 3.63) is 30.3 Å². The molecule has 1 rings (SSSR count). The van der Waals surface area contributed by atoms with Crippen molar-refractivity contribution in [2.24, 2.45) is 0 Å². The van der Waals surface area contributed by atoms with Gasteiger partial charge in [0.1, 0.15) is 0 Å². The van der Waals surface area contributed by atoms with Crippen molar-refractivity contribution in [3.8, 4) is 0 Å². The van der Waals surface area contributed by atoms with E-state index < -0.39 is 5.97 Å². The Hall–Kier alpha value is -1.51. The van der Waals surface area contributed by atoms with Crippen LogP contribution in [0.15, 0.2) is 30.3 Å². The molecule has 0 fully saturated rings. The molecule has 0 aliphatic carbocycles. The van der Waals surface area contributed by atoms with Gasteiger partial charge in [0.15, 0.2) is 0 Å². The zero-order valence-electron chi connectivity index (χ0n) is 10.4. The van der Waals surface area contributed by atoms with Crippen molar-refractivity contribution < 1.29 is 9.90 Å². The van der Waals surface area contributed by atoms with Crippen LogP contribution in [0, 0.1) is 0 Å². The summed E-state index contributed by atoms with van der Waals surface area (Å²) in [4.78, 5) is 12.7. The van der Waals surface area contributed by atoms with Gasteiger partial charge >= 0.3 is 5.97 Å². The molecular weight excluding hydrogens is 214 g/mol. The van der Waals surface area contributed by atoms with Gasteiger partial charge in [0.05, 0.1) is 0 Å². The maximum absolute atomic E-state index is 10.4. The van der Waals surface area contributed by atoms with E-state index in [1.54, 1.807) is 0 Å². The molecule has 0 bridgehead atoms. The fourth-order valence-electron chi connectivity index (χ4n) is 1.86. The highest BCUT2D eigenvalue weighted by molar-refractivity contribution is 5.66. The van der Waals surface area contributed by atoms with E-state index in [0.717, 1.165) is 32.4 Å². The van der Waals surface area contributed by atoms with Crippen molar-refractivity contribution in [2.45, 2.75) is 32.6 Å². The van der Waals surface area contributed by atoms with E-state index >= 15 is 0 Å². The monoisotopic (exact) mass is 235 g/mol. The lowest BCUT2D eigenvalue weighted by Crippen LogP contribution is -2.25. The quantitative estimate of drug-likeness (QED) is 0.704. The van der Waals surface area contributed by atoms with Gasteiger partial charge in [-0.2, -0.15) is 0 Å². The second-order valence-electron chi connectivity index (χ2n) is 4.17. The summed E-state index contributed by atoms with van der Waals surface area (Å²) < 4.78 is 0. The van der Waals surface area contributed by atoms with Crippen LogP contribution in [-0.4, -0.2) is 24.2 Å². The summed E-state index contributed by atoms with van der Waals surface area (Å²) in [5, 5.41) is 8.59. The average Bonchev–Trinajstić information content (AvgIpc) is 2.34. The lowest BCUT2D eigenvalue weighted by atomic mass is 10.2. The third-order valence-corrected chi connectivity index (χ3v) is 2.68. The lowest BCUT2D eigenvalue weighted by Gasteiger charge is -2.24. The summed E-state index contributed by atoms with van der Waals surface area (Å²) in [5.74, 6) is -0.702. The van der Waals surface area contributed by atoms with Gasteiger partial charge in [0, 0.05) is 25.2 Å². The predicted molar refractivity (Wildman–Crippen MR) is 70.4 cm³/mol. The average molecular weight is 235 g/mol. The Labute approximate surface area is 103 Å². The van der Waals surface area contributed by atoms with Crippen molar-refractivity contribution in [2.75, 3.05) is 18.0 Å². The van der Waals surface area contributed by atoms with Gasteiger partial charge in [0.25, 0.3) is 0 Å². The first-order valence-electron chi connectivity index (χ1n) is 6.26. The van der Waals surface area contributed by atoms with E-state index in [0.29, 0.717) is 0 Å². The first-order valence-corrected chi connectivity index (χ1v) is 6.26. The minimum absolute atomic E-state index is 0.273. The summed E-state index contributed by atoms with van der Waals surface area (Å²) >= 11 is 0. The SMILES string of the molecule is CCCN(CCCCC(=O)O)c1ccccc1. The molecule has 17 heavy (non-hydrogen) atoms. The molecule has 0 radical (unpaired) electrons. The van der Waals surface area contributed by atoms with Crippen LogP contribution >= 0.6 is 0 Å². The number of nitrogens with zero attached hydrogens (tertiary/aromatic N) is 1. The number of hydrogen-bond acceptors (Lipinski definition) is 2. The molecule has 0 saturated heterocycles. The van der Waals surface area contributed by atoms with Crippen LogP contribution in [0.2, 0.25) is 0 Å². The van der Waals surface area contributed by atoms with Gasteiger partial charge < -0.3 is 10.0 Å². The van der Waals surface area contributed by atoms with Crippen LogP contribution in [0.5, 0.6) is 0 Å². The first-order chi connectivity index (χ1) is 8.24. The summed E-state index contributed by atoms with van der Waals surface area (Å²) in [6.45, 7) is 4.12. The van der Waals surface area contributed by atoms with Crippen molar-refractivity contribution in [1.82, 2.24) is 0 Å². The molecular formula is C14H21NO2. The molecule has 1 aromatic rings. The molecule has 0 unspecified atom stereocenters. The van der Waals surface area contributed by atoms with Crippen LogP contribution < -0.4 is 4.90 Å². The van der Waals surface area contributed by atoms with Crippen LogP contribution in [0.4, 0.5) is 5.69 Å². The van der Waals surface area contributed by atoms with Gasteiger partial charge in [-0.25, -0.2) is 0 Å². The largest absolute Gasteiger partial charge is 0.481 e. The van der Waals surface area contributed by atoms with E-state index in [4.69, 9.17) is 5.11 Å². The van der Waals surface area contributed by atoms with Crippen molar-refractivity contribution >= 4 is 11.7 Å². The normalized spacial score (nSPS) is 10.2. The van der Waals surface area contributed by atoms with Crippen LogP contribution in [0.1, 0.15) is 32.6 Å². The Morgan fingerprint density at radius 3 is 2.47 bits per heavy atom. The Balaban J connectivity index is 2.41. The number of rotatable bonds is 8. The number of carboxylic acid groups (broad SMARTS) is 1. The first kappa shape index (κ1) is 13.6. The third-order valence-electron chi connectivity index (χ3n) is 2.68. The van der Waals surface area contributed by atoms with Crippen LogP contribution in [0.3, 0.4) is 0 Å². The molecule has 3 nitrogen and oxygen atoms in total. The fraction of sp³-hybridized carbons (Fsp3) is 0.500. The predicted octanol–water partition coefficient (Wildman–Crippen LogP) is 3.16. The molecule has 0 aliphatic heterocycles. The van der Waals surface area contributed by atoms with Gasteiger partial charge in [0.2, 0.25) is 0 Å². The summed E-state index contributed by atoms with van der Waals surface area (Å²) in [5.41, 5.74) is 1.23. The minimum Gasteiger partial charge on any atom is -0.481 e. The molecule has 0 spiro atoms. The smallest absolute Gasteiger partial charge is 0.303 e. The second-order valence-corrected chi connectivity index (χ2v) is 4.17. The molecule has 0 aliphatic rings. The molecule has 0 amide bonds. The minimum atomic E-state index is -0.702. The number of unbranched alkanes of at least 4 members (excludes halogenated alkanes) is 1. The highest BCUT2D eigenvalue weighted by Crippen LogP contribution is 2.14. The zero-order valence-corrected chi connectivity index (χ0v) is 10.4. The van der Waals surface area contributed by atoms with E-state index in [1.165, 1.54) is 5.69 Å². The standard InChI is InChI=1S/C14H21NO2/c1-2-11-15(12-7-6-10-14(16)17)13-8-4-3-5-9-13/h3-5,8-9H,2,6-7,10-12H2,1H3,(H,16,17). The highest BCUT2D eigenvalue weighted by atomic mass is 16.4. The van der Waals surface area contributed by atoms with E-state index in [1.807, 2.05) is 18.2 Å². The number of para-hydroxylation sites is 1. The molecule has 0 saturated carbocycles. The summed E-state index contributed by atoms with van der Waals surface area (Å²) in [6.07, 6.45) is 3.06. The Morgan fingerprint density at radius 2 is 1.88 bits per heavy atom. The molecule has 3 heteroatoms. The van der Waals surface area contributed by atoms with Crippen LogP contribution in [0.25, 0.3) is 0 Å². The molecule has 0 aromatic heterocycles. The Bertz CT molecular complexity index is 324. The van der Waals surface area contributed by atoms with Gasteiger partial charge in [-0.3, -0.25) is 4.79 Å². The molecule has 94 valence electrons. The number of anilines is 1. The number of aliphatic carboxylic acids is 1.